The number of ether oxygens (including phenoxy) is 1. The van der Waals surface area contributed by atoms with Crippen LogP contribution in [0.4, 0.5) is 19.0 Å². The second-order valence-corrected chi connectivity index (χ2v) is 12.1. The smallest absolute Gasteiger partial charge is 0.248 e. The molecule has 1 aliphatic carbocycles. The molecule has 220 valence electrons. The number of fused-ring (bicyclic) bond motifs is 1. The first-order chi connectivity index (χ1) is 19.6. The quantitative estimate of drug-likeness (QED) is 0.304. The van der Waals surface area contributed by atoms with Crippen LogP contribution in [0.3, 0.4) is 0 Å². The first-order valence-corrected chi connectivity index (χ1v) is 14.4. The van der Waals surface area contributed by atoms with E-state index in [4.69, 9.17) is 27.2 Å². The number of rotatable bonds is 7. The van der Waals surface area contributed by atoms with E-state index in [0.717, 1.165) is 25.8 Å². The zero-order chi connectivity index (χ0) is 29.1. The number of nitrogens with zero attached hydrogens (tertiary/aromatic N) is 6. The van der Waals surface area contributed by atoms with Crippen molar-refractivity contribution < 1.29 is 17.9 Å². The van der Waals surface area contributed by atoms with E-state index in [9.17, 15) is 13.2 Å². The largest absolute Gasteiger partial charge is 0.376 e. The van der Waals surface area contributed by atoms with E-state index in [0.29, 0.717) is 42.2 Å². The number of hydrogen-bond donors (Lipinski definition) is 2. The molecule has 9 nitrogen and oxygen atoms in total. The van der Waals surface area contributed by atoms with Crippen LogP contribution >= 0.6 is 11.6 Å². The average molecular weight is 591 g/mol. The van der Waals surface area contributed by atoms with Gasteiger partial charge in [-0.05, 0) is 50.3 Å². The second kappa shape index (κ2) is 10.7. The number of hydrogen-bond acceptors (Lipinski definition) is 7. The molecule has 13 heteroatoms. The Morgan fingerprint density at radius 2 is 2.00 bits per heavy atom. The van der Waals surface area contributed by atoms with Crippen LogP contribution in [0.5, 0.6) is 0 Å². The lowest BCUT2D eigenvalue weighted by Gasteiger charge is -2.52. The normalized spacial score (nSPS) is 25.9. The SMILES string of the molecule is C[C@@H]1CN(c2nc(=N)n(C=N)c3c2ncn3C[C@@H]2CCCO2)[C@@H](C)CN1C(c1ccc(Cl)c(F)c1)C1CC(F)(F)C1. The Bertz CT molecular complexity index is 1510. The van der Waals surface area contributed by atoms with Gasteiger partial charge in [0.2, 0.25) is 11.5 Å². The molecule has 1 saturated carbocycles. The van der Waals surface area contributed by atoms with Gasteiger partial charge in [0.1, 0.15) is 11.3 Å². The highest BCUT2D eigenvalue weighted by Crippen LogP contribution is 2.51. The van der Waals surface area contributed by atoms with Gasteiger partial charge in [-0.25, -0.2) is 18.2 Å². The van der Waals surface area contributed by atoms with Gasteiger partial charge >= 0.3 is 0 Å². The Morgan fingerprint density at radius 3 is 2.66 bits per heavy atom. The molecule has 0 bridgehead atoms. The summed E-state index contributed by atoms with van der Waals surface area (Å²) in [7, 11) is 0. The Hall–Kier alpha value is -2.96. The van der Waals surface area contributed by atoms with E-state index < -0.39 is 11.7 Å². The standard InChI is InChI=1S/C28H34ClF3N8O/c1-16-12-39(25-23-26(40(14-33)27(34)36-25)37(15-35-23)13-20-4-3-7-41-20)17(2)11-38(16)24(19-9-28(31,32)10-19)18-5-6-21(29)22(30)8-18/h5-6,8,14-17,19-20,24,33-34H,3-4,7,9-13H2,1-2H3/t16-,17+,20+,24?/m1/s1. The number of imidazole rings is 1. The zero-order valence-electron chi connectivity index (χ0n) is 23.0. The zero-order valence-corrected chi connectivity index (χ0v) is 23.8. The molecule has 3 fully saturated rings. The first-order valence-electron chi connectivity index (χ1n) is 14.1. The molecule has 1 unspecified atom stereocenters. The summed E-state index contributed by atoms with van der Waals surface area (Å²) in [6.07, 6.45) is 4.30. The summed E-state index contributed by atoms with van der Waals surface area (Å²) < 4.78 is 51.7. The minimum Gasteiger partial charge on any atom is -0.376 e. The van der Waals surface area contributed by atoms with Crippen LogP contribution < -0.4 is 10.5 Å². The molecule has 0 spiro atoms. The van der Waals surface area contributed by atoms with Crippen molar-refractivity contribution in [1.29, 1.82) is 10.8 Å². The number of alkyl halides is 2. The minimum atomic E-state index is -2.71. The van der Waals surface area contributed by atoms with Gasteiger partial charge in [0, 0.05) is 50.7 Å². The average Bonchev–Trinajstić information content (AvgIpc) is 3.57. The van der Waals surface area contributed by atoms with Crippen molar-refractivity contribution in [3.05, 3.63) is 46.5 Å². The number of nitrogens with one attached hydrogen (secondary N) is 2. The third-order valence-electron chi connectivity index (χ3n) is 8.76. The third-order valence-corrected chi connectivity index (χ3v) is 9.07. The van der Waals surface area contributed by atoms with Gasteiger partial charge in [0.05, 0.1) is 30.3 Å². The van der Waals surface area contributed by atoms with E-state index in [-0.39, 0.29) is 53.6 Å². The molecule has 3 aliphatic rings. The van der Waals surface area contributed by atoms with Crippen LogP contribution in [0.25, 0.3) is 11.2 Å². The molecule has 4 heterocycles. The predicted octanol–water partition coefficient (Wildman–Crippen LogP) is 4.82. The van der Waals surface area contributed by atoms with E-state index in [1.807, 2.05) is 18.4 Å². The number of benzene rings is 1. The molecular weight excluding hydrogens is 557 g/mol. The fourth-order valence-electron chi connectivity index (χ4n) is 6.75. The lowest BCUT2D eigenvalue weighted by atomic mass is 9.73. The minimum absolute atomic E-state index is 0.00383. The Labute approximate surface area is 240 Å². The van der Waals surface area contributed by atoms with Crippen LogP contribution in [0, 0.1) is 22.6 Å². The molecular formula is C28H34ClF3N8O. The van der Waals surface area contributed by atoms with Gasteiger partial charge in [-0.15, -0.1) is 0 Å². The van der Waals surface area contributed by atoms with Crippen molar-refractivity contribution in [2.75, 3.05) is 24.6 Å². The van der Waals surface area contributed by atoms with Crippen LogP contribution in [0.1, 0.15) is 51.1 Å². The number of piperazine rings is 1. The maximum Gasteiger partial charge on any atom is 0.248 e. The summed E-state index contributed by atoms with van der Waals surface area (Å²) >= 11 is 5.95. The van der Waals surface area contributed by atoms with Crippen molar-refractivity contribution >= 4 is 34.9 Å². The lowest BCUT2D eigenvalue weighted by molar-refractivity contribution is -0.137. The van der Waals surface area contributed by atoms with Crippen molar-refractivity contribution in [1.82, 2.24) is 24.0 Å². The van der Waals surface area contributed by atoms with E-state index in [2.05, 4.69) is 19.8 Å². The van der Waals surface area contributed by atoms with Gasteiger partial charge in [-0.3, -0.25) is 20.3 Å². The van der Waals surface area contributed by atoms with E-state index in [1.165, 1.54) is 16.7 Å². The third kappa shape index (κ3) is 5.14. The van der Waals surface area contributed by atoms with Crippen LogP contribution in [-0.2, 0) is 11.3 Å². The molecule has 2 saturated heterocycles. The Morgan fingerprint density at radius 1 is 1.22 bits per heavy atom. The number of aromatic nitrogens is 4. The van der Waals surface area contributed by atoms with Gasteiger partial charge in [0.25, 0.3) is 0 Å². The second-order valence-electron chi connectivity index (χ2n) is 11.7. The van der Waals surface area contributed by atoms with Crippen LogP contribution in [0.15, 0.2) is 24.5 Å². The van der Waals surface area contributed by atoms with Crippen LogP contribution in [0.2, 0.25) is 5.02 Å². The molecule has 41 heavy (non-hydrogen) atoms. The summed E-state index contributed by atoms with van der Waals surface area (Å²) in [6.45, 7) is 6.38. The molecule has 4 atom stereocenters. The van der Waals surface area contributed by atoms with Crippen molar-refractivity contribution in [2.24, 2.45) is 5.92 Å². The number of anilines is 1. The summed E-state index contributed by atoms with van der Waals surface area (Å²) in [6, 6.07) is 4.01. The topological polar surface area (TPSA) is 99.1 Å². The maximum absolute atomic E-state index is 14.5. The monoisotopic (exact) mass is 590 g/mol. The fourth-order valence-corrected chi connectivity index (χ4v) is 6.87. The highest BCUT2D eigenvalue weighted by molar-refractivity contribution is 6.30. The van der Waals surface area contributed by atoms with Crippen molar-refractivity contribution in [2.45, 2.75) is 76.2 Å². The molecule has 2 aromatic heterocycles. The summed E-state index contributed by atoms with van der Waals surface area (Å²) in [5.74, 6) is -3.02. The van der Waals surface area contributed by atoms with E-state index in [1.54, 1.807) is 12.4 Å². The Balaban J connectivity index is 1.33. The molecule has 3 aromatic rings. The first kappa shape index (κ1) is 28.2. The van der Waals surface area contributed by atoms with Gasteiger partial charge in [-0.1, -0.05) is 17.7 Å². The summed E-state index contributed by atoms with van der Waals surface area (Å²) in [5, 5.41) is 16.6. The highest BCUT2D eigenvalue weighted by Gasteiger charge is 2.51. The molecule has 0 radical (unpaired) electrons. The van der Waals surface area contributed by atoms with Crippen molar-refractivity contribution in [3.8, 4) is 0 Å². The predicted molar refractivity (Wildman–Crippen MR) is 149 cm³/mol. The van der Waals surface area contributed by atoms with Gasteiger partial charge < -0.3 is 14.2 Å². The summed E-state index contributed by atoms with van der Waals surface area (Å²) in [5.41, 5.74) is 1.77. The molecule has 0 amide bonds. The van der Waals surface area contributed by atoms with Gasteiger partial charge in [-0.2, -0.15) is 4.98 Å². The Kier molecular flexibility index (Phi) is 7.36. The maximum atomic E-state index is 14.5. The molecule has 1 aromatic carbocycles. The summed E-state index contributed by atoms with van der Waals surface area (Å²) in [4.78, 5) is 13.5. The fraction of sp³-hybridized carbons (Fsp3) is 0.571. The number of halogens is 4. The van der Waals surface area contributed by atoms with E-state index >= 15 is 0 Å². The molecule has 6 rings (SSSR count). The lowest BCUT2D eigenvalue weighted by Crippen LogP contribution is -2.60. The highest BCUT2D eigenvalue weighted by atomic mass is 35.5. The molecule has 2 N–H and O–H groups in total. The molecule has 2 aliphatic heterocycles. The van der Waals surface area contributed by atoms with Crippen molar-refractivity contribution in [3.63, 3.8) is 0 Å². The van der Waals surface area contributed by atoms with Gasteiger partial charge in [0.15, 0.2) is 11.5 Å². The van der Waals surface area contributed by atoms with Crippen LogP contribution in [-0.4, -0.2) is 74.1 Å².